The van der Waals surface area contributed by atoms with Gasteiger partial charge in [-0.1, -0.05) is 29.5 Å². The van der Waals surface area contributed by atoms with Crippen LogP contribution in [0.3, 0.4) is 0 Å². The smallest absolute Gasteiger partial charge is 0.325 e. The molecule has 2 N–H and O–H groups in total. The average molecular weight is 512 g/mol. The number of sulfone groups is 1. The second-order valence-electron chi connectivity index (χ2n) is 6.96. The second-order valence-corrected chi connectivity index (χ2v) is 11.6. The zero-order valence-electron chi connectivity index (χ0n) is 17.5. The molecule has 10 nitrogen and oxygen atoms in total. The van der Waals surface area contributed by atoms with Gasteiger partial charge in [-0.15, -0.1) is 0 Å². The zero-order chi connectivity index (χ0) is 24.2. The summed E-state index contributed by atoms with van der Waals surface area (Å²) in [7, 11) is -6.25. The van der Waals surface area contributed by atoms with E-state index in [4.69, 9.17) is 9.88 Å². The molecule has 0 unspecified atom stereocenters. The van der Waals surface area contributed by atoms with Crippen molar-refractivity contribution >= 4 is 53.3 Å². The Morgan fingerprint density at radius 3 is 2.39 bits per heavy atom. The summed E-state index contributed by atoms with van der Waals surface area (Å²) in [5, 5.41) is 5.18. The van der Waals surface area contributed by atoms with Gasteiger partial charge < -0.3 is 9.30 Å². The molecular formula is C20H21N3O7S3. The number of nitrogens with two attached hydrogens (primary N) is 1. The number of esters is 1. The van der Waals surface area contributed by atoms with E-state index in [1.54, 1.807) is 18.2 Å². The molecule has 1 amide bonds. The molecular weight excluding hydrogens is 490 g/mol. The maximum atomic E-state index is 12.4. The number of carbonyl (C=O) groups is 2. The van der Waals surface area contributed by atoms with Gasteiger partial charge in [0.2, 0.25) is 15.9 Å². The number of hydrogen-bond donors (Lipinski definition) is 1. The van der Waals surface area contributed by atoms with E-state index in [0.29, 0.717) is 10.2 Å². The highest BCUT2D eigenvalue weighted by molar-refractivity contribution is 7.91. The predicted molar refractivity (Wildman–Crippen MR) is 122 cm³/mol. The van der Waals surface area contributed by atoms with Crippen LogP contribution in [0.4, 0.5) is 0 Å². The van der Waals surface area contributed by atoms with Crippen molar-refractivity contribution in [2.75, 3.05) is 12.9 Å². The van der Waals surface area contributed by atoms with Gasteiger partial charge in [-0.05, 0) is 36.8 Å². The summed E-state index contributed by atoms with van der Waals surface area (Å²) >= 11 is 1.00. The monoisotopic (exact) mass is 511 g/mol. The average Bonchev–Trinajstić information content (AvgIpc) is 3.09. The lowest BCUT2D eigenvalue weighted by Gasteiger charge is -2.04. The quantitative estimate of drug-likeness (QED) is 0.446. The number of benzene rings is 2. The van der Waals surface area contributed by atoms with Crippen molar-refractivity contribution in [3.05, 3.63) is 53.3 Å². The van der Waals surface area contributed by atoms with Crippen LogP contribution in [-0.4, -0.2) is 46.1 Å². The number of ether oxygens (including phenoxy) is 1. The summed E-state index contributed by atoms with van der Waals surface area (Å²) in [6, 6.07) is 12.0. The minimum atomic E-state index is -3.95. The minimum absolute atomic E-state index is 0.0665. The third kappa shape index (κ3) is 6.13. The third-order valence-electron chi connectivity index (χ3n) is 4.62. The lowest BCUT2D eigenvalue weighted by Crippen LogP contribution is -2.22. The molecule has 3 rings (SSSR count). The Balaban J connectivity index is 1.87. The van der Waals surface area contributed by atoms with Gasteiger partial charge in [0.15, 0.2) is 14.6 Å². The Labute approximate surface area is 194 Å². The molecule has 1 aromatic heterocycles. The molecule has 0 fully saturated rings. The summed E-state index contributed by atoms with van der Waals surface area (Å²) < 4.78 is 54.6. The topological polar surface area (TPSA) is 155 Å². The van der Waals surface area contributed by atoms with Crippen LogP contribution in [0.25, 0.3) is 10.2 Å². The van der Waals surface area contributed by atoms with Crippen LogP contribution in [0.15, 0.2) is 63.3 Å². The Hall–Kier alpha value is -2.87. The van der Waals surface area contributed by atoms with Gasteiger partial charge in [0, 0.05) is 6.42 Å². The summed E-state index contributed by atoms with van der Waals surface area (Å²) in [4.78, 5) is 28.5. The Kier molecular flexibility index (Phi) is 7.47. The number of amides is 1. The molecule has 176 valence electrons. The molecule has 1 heterocycles. The lowest BCUT2D eigenvalue weighted by atomic mass is 10.3. The molecule has 0 atom stereocenters. The van der Waals surface area contributed by atoms with Gasteiger partial charge in [0.25, 0.3) is 0 Å². The minimum Gasteiger partial charge on any atom is -0.468 e. The normalized spacial score (nSPS) is 12.7. The highest BCUT2D eigenvalue weighted by Crippen LogP contribution is 2.21. The predicted octanol–water partition coefficient (Wildman–Crippen LogP) is 1.20. The second kappa shape index (κ2) is 9.95. The van der Waals surface area contributed by atoms with Gasteiger partial charge in [0.1, 0.15) is 6.54 Å². The maximum absolute atomic E-state index is 12.4. The van der Waals surface area contributed by atoms with Crippen LogP contribution in [-0.2, 0) is 40.7 Å². The molecule has 0 aliphatic heterocycles. The number of methoxy groups -OCH3 is 1. The molecule has 2 aromatic carbocycles. The Morgan fingerprint density at radius 1 is 1.06 bits per heavy atom. The van der Waals surface area contributed by atoms with E-state index < -0.39 is 31.7 Å². The van der Waals surface area contributed by atoms with Crippen LogP contribution in [0, 0.1) is 0 Å². The van der Waals surface area contributed by atoms with E-state index >= 15 is 0 Å². The number of fused-ring (bicyclic) bond motifs is 1. The molecule has 33 heavy (non-hydrogen) atoms. The van der Waals surface area contributed by atoms with Gasteiger partial charge in [-0.25, -0.2) is 22.0 Å². The van der Waals surface area contributed by atoms with E-state index in [0.717, 1.165) is 11.3 Å². The summed E-state index contributed by atoms with van der Waals surface area (Å²) in [5.41, 5.74) is 0.469. The lowest BCUT2D eigenvalue weighted by molar-refractivity contribution is -0.141. The van der Waals surface area contributed by atoms with Crippen molar-refractivity contribution in [1.29, 1.82) is 0 Å². The van der Waals surface area contributed by atoms with Crippen molar-refractivity contribution in [2.45, 2.75) is 29.2 Å². The number of hydrogen-bond acceptors (Lipinski definition) is 8. The van der Waals surface area contributed by atoms with Gasteiger partial charge in [0.05, 0.1) is 32.9 Å². The number of carbonyl (C=O) groups excluding carboxylic acids is 2. The fourth-order valence-corrected chi connectivity index (χ4v) is 6.02. The van der Waals surface area contributed by atoms with Crippen LogP contribution in [0.2, 0.25) is 0 Å². The zero-order valence-corrected chi connectivity index (χ0v) is 20.0. The highest BCUT2D eigenvalue weighted by Gasteiger charge is 2.17. The number of aromatic nitrogens is 1. The van der Waals surface area contributed by atoms with E-state index in [2.05, 4.69) is 4.99 Å². The molecule has 0 bridgehead atoms. The SMILES string of the molecule is COC(=O)Cn1c(=NC(=O)CCCS(=O)(=O)c2ccccc2)sc2cc(S(N)(=O)=O)ccc21. The van der Waals surface area contributed by atoms with Gasteiger partial charge in [-0.2, -0.15) is 4.99 Å². The number of nitrogens with zero attached hydrogens (tertiary/aromatic N) is 2. The van der Waals surface area contributed by atoms with Gasteiger partial charge >= 0.3 is 5.97 Å². The van der Waals surface area contributed by atoms with E-state index in [1.165, 1.54) is 42.0 Å². The molecule has 0 saturated carbocycles. The van der Waals surface area contributed by atoms with Crippen molar-refractivity contribution < 1.29 is 31.2 Å². The van der Waals surface area contributed by atoms with Crippen LogP contribution < -0.4 is 9.94 Å². The first-order valence-electron chi connectivity index (χ1n) is 9.59. The summed E-state index contributed by atoms with van der Waals surface area (Å²) in [6.45, 7) is -0.250. The standard InChI is InChI=1S/C20H21N3O7S3/c1-30-19(25)13-23-16-10-9-15(33(21,28)29)12-17(16)31-20(23)22-18(24)8-5-11-32(26,27)14-6-3-2-4-7-14/h2-4,6-7,9-10,12H,5,8,11,13H2,1H3,(H2,21,28,29). The fourth-order valence-electron chi connectivity index (χ4n) is 2.98. The molecule has 0 aliphatic carbocycles. The Morgan fingerprint density at radius 2 is 1.76 bits per heavy atom. The van der Waals surface area contributed by atoms with Crippen molar-refractivity contribution in [1.82, 2.24) is 4.57 Å². The van der Waals surface area contributed by atoms with Crippen LogP contribution in [0.1, 0.15) is 12.8 Å². The molecule has 0 aliphatic rings. The number of sulfonamides is 1. The van der Waals surface area contributed by atoms with Crippen molar-refractivity contribution in [3.63, 3.8) is 0 Å². The fraction of sp³-hybridized carbons (Fsp3) is 0.250. The van der Waals surface area contributed by atoms with Crippen molar-refractivity contribution in [3.8, 4) is 0 Å². The molecule has 3 aromatic rings. The number of thiazole rings is 1. The largest absolute Gasteiger partial charge is 0.468 e. The first-order valence-corrected chi connectivity index (χ1v) is 13.6. The number of rotatable bonds is 8. The Bertz CT molecular complexity index is 1470. The molecule has 0 spiro atoms. The van der Waals surface area contributed by atoms with Crippen LogP contribution in [0.5, 0.6) is 0 Å². The molecule has 13 heteroatoms. The summed E-state index contributed by atoms with van der Waals surface area (Å²) in [6.07, 6.45) is -0.0576. The van der Waals surface area contributed by atoms with Crippen LogP contribution >= 0.6 is 11.3 Å². The molecule has 0 radical (unpaired) electrons. The maximum Gasteiger partial charge on any atom is 0.325 e. The van der Waals surface area contributed by atoms with E-state index in [-0.39, 0.29) is 39.7 Å². The summed E-state index contributed by atoms with van der Waals surface area (Å²) in [5.74, 6) is -1.38. The first-order chi connectivity index (χ1) is 15.5. The third-order valence-corrected chi connectivity index (χ3v) is 8.39. The van der Waals surface area contributed by atoms with E-state index in [9.17, 15) is 26.4 Å². The molecule has 0 saturated heterocycles. The van der Waals surface area contributed by atoms with Gasteiger partial charge in [-0.3, -0.25) is 9.59 Å². The highest BCUT2D eigenvalue weighted by atomic mass is 32.2. The van der Waals surface area contributed by atoms with Crippen molar-refractivity contribution in [2.24, 2.45) is 10.1 Å². The number of primary sulfonamides is 1. The first kappa shape index (κ1) is 24.8. The van der Waals surface area contributed by atoms with E-state index in [1.807, 2.05) is 0 Å².